The third-order valence-corrected chi connectivity index (χ3v) is 7.06. The van der Waals surface area contributed by atoms with Crippen molar-refractivity contribution in [3.63, 3.8) is 0 Å². The molecule has 1 atom stereocenters. The minimum Gasteiger partial charge on any atom is -0.452 e. The van der Waals surface area contributed by atoms with Gasteiger partial charge in [0.05, 0.1) is 24.5 Å². The second kappa shape index (κ2) is 10.4. The summed E-state index contributed by atoms with van der Waals surface area (Å²) in [6, 6.07) is 9.70. The molecule has 1 amide bonds. The largest absolute Gasteiger partial charge is 0.452 e. The van der Waals surface area contributed by atoms with Crippen LogP contribution in [0.4, 0.5) is 10.1 Å². The van der Waals surface area contributed by atoms with E-state index in [1.165, 1.54) is 53.7 Å². The molecule has 0 bridgehead atoms. The molecular weight excluding hydrogens is 463 g/mol. The van der Waals surface area contributed by atoms with E-state index < -0.39 is 40.2 Å². The average Bonchev–Trinajstić information content (AvgIpc) is 2.77. The first-order valence-electron chi connectivity index (χ1n) is 9.79. The summed E-state index contributed by atoms with van der Waals surface area (Å²) >= 11 is 5.90. The van der Waals surface area contributed by atoms with Crippen molar-refractivity contribution in [2.75, 3.05) is 31.6 Å². The molecule has 172 valence electrons. The van der Waals surface area contributed by atoms with E-state index >= 15 is 0 Å². The van der Waals surface area contributed by atoms with Gasteiger partial charge in [0.1, 0.15) is 5.82 Å². The minimum absolute atomic E-state index is 0.0103. The summed E-state index contributed by atoms with van der Waals surface area (Å²) in [5.41, 5.74) is 0.319. The first kappa shape index (κ1) is 24.1. The molecule has 0 saturated carbocycles. The van der Waals surface area contributed by atoms with E-state index in [4.69, 9.17) is 21.1 Å². The van der Waals surface area contributed by atoms with Crippen molar-refractivity contribution in [2.45, 2.75) is 24.3 Å². The SMILES string of the molecule is CC(OC(=O)Cc1c(F)cccc1Cl)C(=O)Nc1ccc(S(=O)(=O)N2CCOCC2)cc1. The monoisotopic (exact) mass is 484 g/mol. The number of carbonyl (C=O) groups excluding carboxylic acids is 2. The number of hydrogen-bond acceptors (Lipinski definition) is 6. The fraction of sp³-hybridized carbons (Fsp3) is 0.333. The number of ether oxygens (including phenoxy) is 2. The highest BCUT2D eigenvalue weighted by Crippen LogP contribution is 2.21. The van der Waals surface area contributed by atoms with Crippen LogP contribution in [0, 0.1) is 5.82 Å². The number of carbonyl (C=O) groups is 2. The van der Waals surface area contributed by atoms with Crippen molar-refractivity contribution >= 4 is 39.2 Å². The summed E-state index contributed by atoms with van der Waals surface area (Å²) < 4.78 is 50.7. The first-order chi connectivity index (χ1) is 15.2. The van der Waals surface area contributed by atoms with Crippen molar-refractivity contribution in [3.05, 3.63) is 58.9 Å². The molecule has 8 nitrogen and oxygen atoms in total. The number of hydrogen-bond donors (Lipinski definition) is 1. The predicted molar refractivity (Wildman–Crippen MR) is 115 cm³/mol. The van der Waals surface area contributed by atoms with E-state index in [0.717, 1.165) is 0 Å². The van der Waals surface area contributed by atoms with Crippen molar-refractivity contribution in [1.82, 2.24) is 4.31 Å². The number of nitrogens with zero attached hydrogens (tertiary/aromatic N) is 1. The second-order valence-electron chi connectivity index (χ2n) is 7.04. The number of rotatable bonds is 7. The van der Waals surface area contributed by atoms with Crippen LogP contribution in [0.25, 0.3) is 0 Å². The van der Waals surface area contributed by atoms with Gasteiger partial charge in [-0.2, -0.15) is 4.31 Å². The van der Waals surface area contributed by atoms with E-state index in [1.807, 2.05) is 0 Å². The number of benzene rings is 2. The number of halogens is 2. The molecule has 0 spiro atoms. The lowest BCUT2D eigenvalue weighted by Gasteiger charge is -2.26. The maximum atomic E-state index is 13.8. The Hall–Kier alpha value is -2.53. The molecule has 3 rings (SSSR count). The smallest absolute Gasteiger partial charge is 0.311 e. The van der Waals surface area contributed by atoms with Crippen molar-refractivity contribution in [1.29, 1.82) is 0 Å². The van der Waals surface area contributed by atoms with Crippen LogP contribution in [0.1, 0.15) is 12.5 Å². The van der Waals surface area contributed by atoms with E-state index in [0.29, 0.717) is 18.9 Å². The highest BCUT2D eigenvalue weighted by molar-refractivity contribution is 7.89. The highest BCUT2D eigenvalue weighted by Gasteiger charge is 2.26. The predicted octanol–water partition coefficient (Wildman–Crippen LogP) is 2.61. The Morgan fingerprint density at radius 1 is 1.19 bits per heavy atom. The molecule has 2 aromatic rings. The molecule has 1 saturated heterocycles. The van der Waals surface area contributed by atoms with Gasteiger partial charge < -0.3 is 14.8 Å². The summed E-state index contributed by atoms with van der Waals surface area (Å²) in [5, 5.41) is 2.64. The molecule has 0 radical (unpaired) electrons. The van der Waals surface area contributed by atoms with Gasteiger partial charge in [-0.25, -0.2) is 12.8 Å². The molecule has 0 aromatic heterocycles. The van der Waals surface area contributed by atoms with Crippen LogP contribution >= 0.6 is 11.6 Å². The van der Waals surface area contributed by atoms with Gasteiger partial charge in [0.2, 0.25) is 10.0 Å². The van der Waals surface area contributed by atoms with E-state index in [9.17, 15) is 22.4 Å². The Morgan fingerprint density at radius 3 is 2.47 bits per heavy atom. The fourth-order valence-electron chi connectivity index (χ4n) is 3.03. The number of morpholine rings is 1. The maximum Gasteiger partial charge on any atom is 0.311 e. The molecule has 1 aliphatic rings. The fourth-order valence-corrected chi connectivity index (χ4v) is 4.67. The highest BCUT2D eigenvalue weighted by atomic mass is 35.5. The molecule has 1 heterocycles. The third-order valence-electron chi connectivity index (χ3n) is 4.79. The lowest BCUT2D eigenvalue weighted by molar-refractivity contribution is -0.152. The molecule has 11 heteroatoms. The van der Waals surface area contributed by atoms with Crippen LogP contribution in [0.15, 0.2) is 47.4 Å². The molecule has 1 N–H and O–H groups in total. The number of sulfonamides is 1. The van der Waals surface area contributed by atoms with Crippen LogP contribution < -0.4 is 5.32 Å². The van der Waals surface area contributed by atoms with Crippen LogP contribution in [0.3, 0.4) is 0 Å². The zero-order valence-electron chi connectivity index (χ0n) is 17.2. The van der Waals surface area contributed by atoms with Gasteiger partial charge in [-0.15, -0.1) is 0 Å². The third kappa shape index (κ3) is 5.83. The van der Waals surface area contributed by atoms with Gasteiger partial charge in [-0.05, 0) is 43.3 Å². The van der Waals surface area contributed by atoms with Gasteiger partial charge in [0.25, 0.3) is 5.91 Å². The zero-order chi connectivity index (χ0) is 23.3. The first-order valence-corrected chi connectivity index (χ1v) is 11.6. The topological polar surface area (TPSA) is 102 Å². The summed E-state index contributed by atoms with van der Waals surface area (Å²) in [6.07, 6.45) is -1.58. The molecule has 1 fully saturated rings. The van der Waals surface area contributed by atoms with Crippen molar-refractivity contribution in [2.24, 2.45) is 0 Å². The van der Waals surface area contributed by atoms with E-state index in [1.54, 1.807) is 0 Å². The number of anilines is 1. The standard InChI is InChI=1S/C21H22ClFN2O6S/c1-14(31-20(26)13-17-18(22)3-2-4-19(17)23)21(27)24-15-5-7-16(8-6-15)32(28,29)25-9-11-30-12-10-25/h2-8,14H,9-13H2,1H3,(H,24,27). The van der Waals surface area contributed by atoms with Gasteiger partial charge in [0.15, 0.2) is 6.10 Å². The average molecular weight is 485 g/mol. The summed E-state index contributed by atoms with van der Waals surface area (Å²) in [7, 11) is -3.65. The lowest BCUT2D eigenvalue weighted by Crippen LogP contribution is -2.40. The van der Waals surface area contributed by atoms with Crippen LogP contribution in [-0.2, 0) is 35.5 Å². The Kier molecular flexibility index (Phi) is 7.83. The van der Waals surface area contributed by atoms with Gasteiger partial charge in [0, 0.05) is 29.4 Å². The molecule has 1 aliphatic heterocycles. The molecule has 1 unspecified atom stereocenters. The van der Waals surface area contributed by atoms with Gasteiger partial charge in [-0.1, -0.05) is 17.7 Å². The minimum atomic E-state index is -3.65. The van der Waals surface area contributed by atoms with Crippen LogP contribution in [0.5, 0.6) is 0 Å². The summed E-state index contributed by atoms with van der Waals surface area (Å²) in [6.45, 7) is 2.61. The molecule has 32 heavy (non-hydrogen) atoms. The molecule has 0 aliphatic carbocycles. The Labute approximate surface area is 190 Å². The van der Waals surface area contributed by atoms with Gasteiger partial charge in [-0.3, -0.25) is 9.59 Å². The molecular formula is C21H22ClFN2O6S. The van der Waals surface area contributed by atoms with Crippen LogP contribution in [-0.4, -0.2) is 57.0 Å². The van der Waals surface area contributed by atoms with Crippen LogP contribution in [0.2, 0.25) is 5.02 Å². The number of esters is 1. The van der Waals surface area contributed by atoms with Crippen molar-refractivity contribution in [3.8, 4) is 0 Å². The maximum absolute atomic E-state index is 13.8. The summed E-state index contributed by atoms with van der Waals surface area (Å²) in [4.78, 5) is 24.5. The number of nitrogens with one attached hydrogen (secondary N) is 1. The van der Waals surface area contributed by atoms with Gasteiger partial charge >= 0.3 is 5.97 Å². The lowest BCUT2D eigenvalue weighted by atomic mass is 10.1. The Bertz CT molecular complexity index is 1070. The summed E-state index contributed by atoms with van der Waals surface area (Å²) in [5.74, 6) is -2.08. The Balaban J connectivity index is 1.57. The van der Waals surface area contributed by atoms with E-state index in [-0.39, 0.29) is 28.6 Å². The quantitative estimate of drug-likeness (QED) is 0.606. The zero-order valence-corrected chi connectivity index (χ0v) is 18.8. The second-order valence-corrected chi connectivity index (χ2v) is 9.38. The molecule has 2 aromatic carbocycles. The van der Waals surface area contributed by atoms with E-state index in [2.05, 4.69) is 5.32 Å². The van der Waals surface area contributed by atoms with Crippen molar-refractivity contribution < 1.29 is 31.9 Å². The number of amides is 1. The normalized spacial score (nSPS) is 15.7. The Morgan fingerprint density at radius 2 is 1.84 bits per heavy atom.